The lowest BCUT2D eigenvalue weighted by molar-refractivity contribution is 0.0103. The maximum Gasteiger partial charge on any atom is 0.121 e. The van der Waals surface area contributed by atoms with Gasteiger partial charge in [0.2, 0.25) is 0 Å². The monoisotopic (exact) mass is 530 g/mol. The first-order chi connectivity index (χ1) is 17.3. The van der Waals surface area contributed by atoms with Crippen molar-refractivity contribution in [1.29, 1.82) is 0 Å². The summed E-state index contributed by atoms with van der Waals surface area (Å²) in [6, 6.07) is 20.9. The number of piperazine rings is 1. The lowest BCUT2D eigenvalue weighted by atomic mass is 9.93. The lowest BCUT2D eigenvalue weighted by Crippen LogP contribution is -2.52. The van der Waals surface area contributed by atoms with Crippen molar-refractivity contribution in [3.05, 3.63) is 93.5 Å². The van der Waals surface area contributed by atoms with Crippen molar-refractivity contribution in [2.45, 2.75) is 25.2 Å². The third-order valence-electron chi connectivity index (χ3n) is 6.60. The van der Waals surface area contributed by atoms with E-state index in [1.807, 2.05) is 67.6 Å². The average Bonchev–Trinajstić information content (AvgIpc) is 2.88. The molecule has 1 aliphatic rings. The highest BCUT2D eigenvalue weighted by molar-refractivity contribution is 6.33. The van der Waals surface area contributed by atoms with Crippen LogP contribution in [0.2, 0.25) is 10.0 Å². The highest BCUT2D eigenvalue weighted by atomic mass is 35.5. The van der Waals surface area contributed by atoms with E-state index in [0.717, 1.165) is 28.9 Å². The summed E-state index contributed by atoms with van der Waals surface area (Å²) in [6.07, 6.45) is 0. The van der Waals surface area contributed by atoms with Crippen molar-refractivity contribution < 1.29 is 20.1 Å². The number of benzene rings is 3. The molecule has 8 heteroatoms. The molecule has 0 radical (unpaired) electrons. The number of hydrogen-bond donors (Lipinski definition) is 3. The molecule has 1 saturated heterocycles. The van der Waals surface area contributed by atoms with Gasteiger partial charge in [0.05, 0.1) is 35.6 Å². The first kappa shape index (κ1) is 26.7. The van der Waals surface area contributed by atoms with E-state index < -0.39 is 5.60 Å². The second-order valence-electron chi connectivity index (χ2n) is 9.31. The highest BCUT2D eigenvalue weighted by Gasteiger charge is 2.34. The molecule has 0 spiro atoms. The Labute approximate surface area is 222 Å². The van der Waals surface area contributed by atoms with E-state index in [9.17, 15) is 10.2 Å². The summed E-state index contributed by atoms with van der Waals surface area (Å²) >= 11 is 12.9. The van der Waals surface area contributed by atoms with Crippen molar-refractivity contribution in [2.75, 3.05) is 44.3 Å². The van der Waals surface area contributed by atoms with Crippen molar-refractivity contribution in [3.8, 4) is 5.75 Å². The minimum absolute atomic E-state index is 0.00899. The van der Waals surface area contributed by atoms with Crippen LogP contribution < -0.4 is 9.64 Å². The smallest absolute Gasteiger partial charge is 0.121 e. The Balaban J connectivity index is 1.57. The van der Waals surface area contributed by atoms with Crippen molar-refractivity contribution in [2.24, 2.45) is 0 Å². The van der Waals surface area contributed by atoms with Crippen LogP contribution >= 0.6 is 23.2 Å². The molecule has 0 bridgehead atoms. The Bertz CT molecular complexity index is 1140. The molecule has 3 aromatic carbocycles. The van der Waals surface area contributed by atoms with E-state index in [2.05, 4.69) is 9.80 Å². The number of aliphatic hydroxyl groups is 3. The van der Waals surface area contributed by atoms with Gasteiger partial charge in [-0.1, -0.05) is 59.6 Å². The third kappa shape index (κ3) is 6.32. The first-order valence-electron chi connectivity index (χ1n) is 12.0. The van der Waals surface area contributed by atoms with E-state index in [-0.39, 0.29) is 25.9 Å². The summed E-state index contributed by atoms with van der Waals surface area (Å²) < 4.78 is 5.51. The Morgan fingerprint density at radius 3 is 2.33 bits per heavy atom. The number of anilines is 1. The predicted molar refractivity (Wildman–Crippen MR) is 144 cm³/mol. The molecule has 0 amide bonds. The fourth-order valence-electron chi connectivity index (χ4n) is 4.71. The molecule has 0 aliphatic carbocycles. The van der Waals surface area contributed by atoms with Crippen molar-refractivity contribution in [1.82, 2.24) is 4.90 Å². The number of rotatable bonds is 9. The van der Waals surface area contributed by atoms with Gasteiger partial charge in [-0.3, -0.25) is 4.90 Å². The van der Waals surface area contributed by atoms with Gasteiger partial charge < -0.3 is 25.0 Å². The molecule has 4 rings (SSSR count). The summed E-state index contributed by atoms with van der Waals surface area (Å²) in [5.41, 5.74) is 2.58. The second-order valence-corrected chi connectivity index (χ2v) is 10.2. The average molecular weight is 531 g/mol. The predicted octanol–water partition coefficient (Wildman–Crippen LogP) is 4.63. The van der Waals surface area contributed by atoms with Crippen molar-refractivity contribution >= 4 is 28.9 Å². The fraction of sp³-hybridized carbons (Fsp3) is 0.357. The van der Waals surface area contributed by atoms with Crippen LogP contribution in [0.4, 0.5) is 5.69 Å². The minimum atomic E-state index is -1.05. The summed E-state index contributed by atoms with van der Waals surface area (Å²) in [6.45, 7) is 4.56. The summed E-state index contributed by atoms with van der Waals surface area (Å²) in [5.74, 6) is 0.614. The summed E-state index contributed by atoms with van der Waals surface area (Å²) in [7, 11) is 0. The molecule has 192 valence electrons. The largest absolute Gasteiger partial charge is 0.491 e. The zero-order valence-corrected chi connectivity index (χ0v) is 21.8. The van der Waals surface area contributed by atoms with Gasteiger partial charge in [0, 0.05) is 37.3 Å². The Morgan fingerprint density at radius 2 is 1.69 bits per heavy atom. The maximum absolute atomic E-state index is 11.3. The molecule has 6 nitrogen and oxygen atoms in total. The fourth-order valence-corrected chi connectivity index (χ4v) is 5.12. The molecule has 36 heavy (non-hydrogen) atoms. The molecule has 1 fully saturated rings. The van der Waals surface area contributed by atoms with Gasteiger partial charge in [-0.15, -0.1) is 0 Å². The van der Waals surface area contributed by atoms with E-state index in [1.54, 1.807) is 6.07 Å². The summed E-state index contributed by atoms with van der Waals surface area (Å²) in [5, 5.41) is 30.9. The molecular formula is C28H32Cl2N2O4. The van der Waals surface area contributed by atoms with Crippen LogP contribution in [0.1, 0.15) is 29.7 Å². The SMILES string of the molecule is C[C@@](O)(CN1CCN(c2ccc(OCCO)cc2Cl)[C@H](c2ccc(Cl)cc2)C1)c1ccc(CO)cc1. The topological polar surface area (TPSA) is 76.4 Å². The van der Waals surface area contributed by atoms with Crippen LogP contribution in [0.5, 0.6) is 5.75 Å². The van der Waals surface area contributed by atoms with Crippen LogP contribution in [0.3, 0.4) is 0 Å². The molecule has 2 atom stereocenters. The molecule has 3 N–H and O–H groups in total. The Morgan fingerprint density at radius 1 is 0.972 bits per heavy atom. The van der Waals surface area contributed by atoms with Gasteiger partial charge in [-0.2, -0.15) is 0 Å². The van der Waals surface area contributed by atoms with Crippen LogP contribution in [0, 0.1) is 0 Å². The van der Waals surface area contributed by atoms with E-state index in [4.69, 9.17) is 33.0 Å². The Hall–Kier alpha value is -2.32. The van der Waals surface area contributed by atoms with Crippen molar-refractivity contribution in [3.63, 3.8) is 0 Å². The molecule has 0 unspecified atom stereocenters. The number of hydrogen-bond acceptors (Lipinski definition) is 6. The normalized spacial score (nSPS) is 18.2. The van der Waals surface area contributed by atoms with E-state index in [0.29, 0.717) is 35.4 Å². The lowest BCUT2D eigenvalue weighted by Gasteiger charge is -2.45. The van der Waals surface area contributed by atoms with Gasteiger partial charge in [0.1, 0.15) is 12.4 Å². The number of aliphatic hydroxyl groups excluding tert-OH is 2. The Kier molecular flexibility index (Phi) is 8.78. The zero-order chi connectivity index (χ0) is 25.7. The molecule has 0 aromatic heterocycles. The van der Waals surface area contributed by atoms with E-state index >= 15 is 0 Å². The van der Waals surface area contributed by atoms with Crippen LogP contribution in [-0.4, -0.2) is 59.6 Å². The maximum atomic E-state index is 11.3. The molecule has 3 aromatic rings. The molecule has 1 heterocycles. The minimum Gasteiger partial charge on any atom is -0.491 e. The van der Waals surface area contributed by atoms with Gasteiger partial charge in [0.25, 0.3) is 0 Å². The third-order valence-corrected chi connectivity index (χ3v) is 7.15. The zero-order valence-electron chi connectivity index (χ0n) is 20.3. The number of halogens is 2. The number of ether oxygens (including phenoxy) is 1. The van der Waals surface area contributed by atoms with Gasteiger partial charge >= 0.3 is 0 Å². The number of nitrogens with zero attached hydrogens (tertiary/aromatic N) is 2. The van der Waals surface area contributed by atoms with Crippen LogP contribution in [-0.2, 0) is 12.2 Å². The quantitative estimate of drug-likeness (QED) is 0.374. The second kappa shape index (κ2) is 11.8. The van der Waals surface area contributed by atoms with Crippen LogP contribution in [0.25, 0.3) is 0 Å². The molecule has 1 aliphatic heterocycles. The van der Waals surface area contributed by atoms with E-state index in [1.165, 1.54) is 0 Å². The van der Waals surface area contributed by atoms with Crippen LogP contribution in [0.15, 0.2) is 66.7 Å². The van der Waals surface area contributed by atoms with Gasteiger partial charge in [-0.05, 0) is 47.9 Å². The molecular weight excluding hydrogens is 499 g/mol. The first-order valence-corrected chi connectivity index (χ1v) is 12.8. The molecule has 0 saturated carbocycles. The standard InChI is InChI=1S/C28H32Cl2N2O4/c1-28(35,22-6-2-20(18-34)3-7-22)19-31-12-13-32(27(17-31)21-4-8-23(29)9-5-21)26-11-10-24(16-25(26)30)36-15-14-33/h2-11,16,27,33-35H,12-15,17-19H2,1H3/t27-,28+/m0/s1. The van der Waals surface area contributed by atoms with Gasteiger partial charge in [0.15, 0.2) is 0 Å². The van der Waals surface area contributed by atoms with Gasteiger partial charge in [-0.25, -0.2) is 0 Å². The highest BCUT2D eigenvalue weighted by Crippen LogP contribution is 2.38. The number of β-amino-alcohol motifs (C(OH)–C–C–N with tert-alkyl or cyclic N) is 1. The summed E-state index contributed by atoms with van der Waals surface area (Å²) in [4.78, 5) is 4.55.